The standard InChI is InChI=1S/C30H31NO6/c1-18(2)17-37-22-11-9-21(10-12-22)31-27(20-8-6-7-19(3)15-20)26(29(33)30(31)34)28(32)24-14-13-23(35-4)16-25(24)36-5/h6-16,18,27,32H,17H2,1-5H3/b28-26-. The van der Waals surface area contributed by atoms with Gasteiger partial charge in [-0.1, -0.05) is 43.7 Å². The normalized spacial score (nSPS) is 16.8. The average Bonchev–Trinajstić information content (AvgIpc) is 3.17. The second kappa shape index (κ2) is 10.8. The maximum Gasteiger partial charge on any atom is 0.300 e. The summed E-state index contributed by atoms with van der Waals surface area (Å²) < 4.78 is 16.5. The molecule has 1 atom stereocenters. The average molecular weight is 502 g/mol. The Labute approximate surface area is 216 Å². The number of Topliss-reactive ketones (excluding diaryl/α,β-unsaturated/α-hetero) is 1. The number of ketones is 1. The molecule has 37 heavy (non-hydrogen) atoms. The summed E-state index contributed by atoms with van der Waals surface area (Å²) in [6, 6.07) is 18.6. The smallest absolute Gasteiger partial charge is 0.300 e. The molecule has 1 fully saturated rings. The van der Waals surface area contributed by atoms with Crippen molar-refractivity contribution >= 4 is 23.1 Å². The van der Waals surface area contributed by atoms with E-state index in [1.165, 1.54) is 19.1 Å². The molecule has 0 saturated carbocycles. The lowest BCUT2D eigenvalue weighted by atomic mass is 9.94. The number of aryl methyl sites for hydroxylation is 1. The topological polar surface area (TPSA) is 85.3 Å². The van der Waals surface area contributed by atoms with E-state index in [9.17, 15) is 14.7 Å². The van der Waals surface area contributed by atoms with Crippen molar-refractivity contribution in [1.29, 1.82) is 0 Å². The first-order chi connectivity index (χ1) is 17.7. The molecule has 3 aromatic carbocycles. The molecule has 1 aliphatic rings. The van der Waals surface area contributed by atoms with Crippen LogP contribution in [0.4, 0.5) is 5.69 Å². The first-order valence-electron chi connectivity index (χ1n) is 12.1. The fourth-order valence-corrected chi connectivity index (χ4v) is 4.36. The van der Waals surface area contributed by atoms with Crippen LogP contribution in [0, 0.1) is 12.8 Å². The van der Waals surface area contributed by atoms with E-state index in [0.29, 0.717) is 41.0 Å². The van der Waals surface area contributed by atoms with E-state index in [0.717, 1.165) is 5.56 Å². The van der Waals surface area contributed by atoms with Gasteiger partial charge < -0.3 is 19.3 Å². The summed E-state index contributed by atoms with van der Waals surface area (Å²) in [4.78, 5) is 28.3. The molecule has 1 N–H and O–H groups in total. The number of aliphatic hydroxyl groups is 1. The number of anilines is 1. The third kappa shape index (κ3) is 5.16. The molecule has 7 heteroatoms. The lowest BCUT2D eigenvalue weighted by molar-refractivity contribution is -0.132. The summed E-state index contributed by atoms with van der Waals surface area (Å²) >= 11 is 0. The lowest BCUT2D eigenvalue weighted by Gasteiger charge is -2.26. The van der Waals surface area contributed by atoms with Crippen LogP contribution in [0.3, 0.4) is 0 Å². The Kier molecular flexibility index (Phi) is 7.53. The number of aliphatic hydroxyl groups excluding tert-OH is 1. The van der Waals surface area contributed by atoms with Gasteiger partial charge in [0.15, 0.2) is 0 Å². The van der Waals surface area contributed by atoms with Crippen molar-refractivity contribution in [3.8, 4) is 17.2 Å². The third-order valence-corrected chi connectivity index (χ3v) is 6.16. The Hall–Kier alpha value is -4.26. The number of hydrogen-bond donors (Lipinski definition) is 1. The van der Waals surface area contributed by atoms with Crippen LogP contribution in [0.2, 0.25) is 0 Å². The Morgan fingerprint density at radius 3 is 2.27 bits per heavy atom. The Morgan fingerprint density at radius 2 is 1.65 bits per heavy atom. The number of carbonyl (C=O) groups excluding carboxylic acids is 2. The second-order valence-electron chi connectivity index (χ2n) is 9.35. The summed E-state index contributed by atoms with van der Waals surface area (Å²) in [5.74, 6) is 0.0709. The van der Waals surface area contributed by atoms with E-state index in [1.54, 1.807) is 42.5 Å². The fraction of sp³-hybridized carbons (Fsp3) is 0.267. The van der Waals surface area contributed by atoms with Crippen LogP contribution in [0.5, 0.6) is 17.2 Å². The fourth-order valence-electron chi connectivity index (χ4n) is 4.36. The molecule has 7 nitrogen and oxygen atoms in total. The van der Waals surface area contributed by atoms with Gasteiger partial charge in [-0.15, -0.1) is 0 Å². The quantitative estimate of drug-likeness (QED) is 0.243. The number of carbonyl (C=O) groups is 2. The van der Waals surface area contributed by atoms with Gasteiger partial charge in [-0.3, -0.25) is 14.5 Å². The predicted molar refractivity (Wildman–Crippen MR) is 142 cm³/mol. The van der Waals surface area contributed by atoms with Gasteiger partial charge in [-0.25, -0.2) is 0 Å². The lowest BCUT2D eigenvalue weighted by Crippen LogP contribution is -2.29. The number of methoxy groups -OCH3 is 2. The van der Waals surface area contributed by atoms with Crippen LogP contribution in [0.15, 0.2) is 72.3 Å². The Balaban J connectivity index is 1.86. The van der Waals surface area contributed by atoms with Crippen LogP contribution in [-0.4, -0.2) is 37.6 Å². The molecule has 3 aromatic rings. The molecule has 192 valence electrons. The molecule has 0 aliphatic carbocycles. The van der Waals surface area contributed by atoms with E-state index >= 15 is 0 Å². The Morgan fingerprint density at radius 1 is 0.946 bits per heavy atom. The zero-order chi connectivity index (χ0) is 26.7. The number of benzene rings is 3. The molecule has 1 saturated heterocycles. The van der Waals surface area contributed by atoms with Crippen molar-refractivity contribution in [3.63, 3.8) is 0 Å². The highest BCUT2D eigenvalue weighted by Gasteiger charge is 2.47. The molecule has 0 aromatic heterocycles. The second-order valence-corrected chi connectivity index (χ2v) is 9.35. The maximum absolute atomic E-state index is 13.4. The summed E-state index contributed by atoms with van der Waals surface area (Å²) in [7, 11) is 2.99. The van der Waals surface area contributed by atoms with E-state index in [4.69, 9.17) is 14.2 Å². The molecule has 4 rings (SSSR count). The third-order valence-electron chi connectivity index (χ3n) is 6.16. The minimum atomic E-state index is -0.839. The predicted octanol–water partition coefficient (Wildman–Crippen LogP) is 5.67. The maximum atomic E-state index is 13.4. The highest BCUT2D eigenvalue weighted by Crippen LogP contribution is 2.44. The van der Waals surface area contributed by atoms with E-state index in [1.807, 2.05) is 31.2 Å². The van der Waals surface area contributed by atoms with Crippen LogP contribution in [0.25, 0.3) is 5.76 Å². The van der Waals surface area contributed by atoms with E-state index in [-0.39, 0.29) is 16.9 Å². The molecule has 0 radical (unpaired) electrons. The van der Waals surface area contributed by atoms with Crippen molar-refractivity contribution < 1.29 is 28.9 Å². The molecule has 1 heterocycles. The first kappa shape index (κ1) is 25.8. The van der Waals surface area contributed by atoms with Gasteiger partial charge in [0, 0.05) is 11.8 Å². The largest absolute Gasteiger partial charge is 0.507 e. The molecule has 0 spiro atoms. The first-order valence-corrected chi connectivity index (χ1v) is 12.1. The Bertz CT molecular complexity index is 1340. The van der Waals surface area contributed by atoms with Gasteiger partial charge in [0.05, 0.1) is 38.0 Å². The zero-order valence-electron chi connectivity index (χ0n) is 21.6. The van der Waals surface area contributed by atoms with Crippen molar-refractivity contribution in [2.45, 2.75) is 26.8 Å². The number of hydrogen-bond acceptors (Lipinski definition) is 6. The molecule has 1 aliphatic heterocycles. The SMILES string of the molecule is COc1ccc(/C(O)=C2/C(=O)C(=O)N(c3ccc(OCC(C)C)cc3)C2c2cccc(C)c2)c(OC)c1. The number of nitrogens with zero attached hydrogens (tertiary/aromatic N) is 1. The summed E-state index contributed by atoms with van der Waals surface area (Å²) in [6.45, 7) is 6.63. The summed E-state index contributed by atoms with van der Waals surface area (Å²) in [5.41, 5.74) is 2.46. The van der Waals surface area contributed by atoms with Crippen LogP contribution < -0.4 is 19.1 Å². The number of amides is 1. The monoisotopic (exact) mass is 501 g/mol. The van der Waals surface area contributed by atoms with Crippen LogP contribution in [-0.2, 0) is 9.59 Å². The molecular weight excluding hydrogens is 470 g/mol. The van der Waals surface area contributed by atoms with Gasteiger partial charge in [0.2, 0.25) is 0 Å². The van der Waals surface area contributed by atoms with Crippen LogP contribution >= 0.6 is 0 Å². The number of rotatable bonds is 8. The summed E-state index contributed by atoms with van der Waals surface area (Å²) in [6.07, 6.45) is 0. The van der Waals surface area contributed by atoms with Crippen molar-refractivity contribution in [1.82, 2.24) is 0 Å². The van der Waals surface area contributed by atoms with Crippen LogP contribution in [0.1, 0.15) is 36.6 Å². The van der Waals surface area contributed by atoms with Gasteiger partial charge >= 0.3 is 0 Å². The summed E-state index contributed by atoms with van der Waals surface area (Å²) in [5, 5.41) is 11.5. The van der Waals surface area contributed by atoms with Crippen molar-refractivity contribution in [3.05, 3.63) is 89.0 Å². The van der Waals surface area contributed by atoms with Crippen molar-refractivity contribution in [2.24, 2.45) is 5.92 Å². The highest BCUT2D eigenvalue weighted by atomic mass is 16.5. The minimum absolute atomic E-state index is 0.0146. The van der Waals surface area contributed by atoms with Gasteiger partial charge in [-0.2, -0.15) is 0 Å². The highest BCUT2D eigenvalue weighted by molar-refractivity contribution is 6.51. The number of ether oxygens (including phenoxy) is 3. The zero-order valence-corrected chi connectivity index (χ0v) is 21.6. The van der Waals surface area contributed by atoms with E-state index in [2.05, 4.69) is 13.8 Å². The molecule has 0 bridgehead atoms. The van der Waals surface area contributed by atoms with Crippen molar-refractivity contribution in [2.75, 3.05) is 25.7 Å². The molecular formula is C30H31NO6. The minimum Gasteiger partial charge on any atom is -0.507 e. The van der Waals surface area contributed by atoms with Gasteiger partial charge in [0.1, 0.15) is 23.0 Å². The molecule has 1 amide bonds. The van der Waals surface area contributed by atoms with Gasteiger partial charge in [0.25, 0.3) is 11.7 Å². The molecule has 1 unspecified atom stereocenters. The van der Waals surface area contributed by atoms with Gasteiger partial charge in [-0.05, 0) is 54.8 Å². The van der Waals surface area contributed by atoms with E-state index < -0.39 is 17.7 Å².